The molecule has 2 atom stereocenters. The molecular weight excluding hydrogens is 294 g/mol. The second-order valence-corrected chi connectivity index (χ2v) is 6.20. The maximum absolute atomic E-state index is 12.8. The van der Waals surface area contributed by atoms with Gasteiger partial charge in [-0.25, -0.2) is 9.97 Å². The lowest BCUT2D eigenvalue weighted by Gasteiger charge is -2.34. The van der Waals surface area contributed by atoms with E-state index in [1.165, 1.54) is 6.33 Å². The number of anilines is 1. The van der Waals surface area contributed by atoms with Crippen LogP contribution in [0.2, 0.25) is 5.15 Å². The van der Waals surface area contributed by atoms with Gasteiger partial charge in [0.2, 0.25) is 5.91 Å². The van der Waals surface area contributed by atoms with Gasteiger partial charge >= 0.3 is 5.97 Å². The predicted octanol–water partition coefficient (Wildman–Crippen LogP) is 2.13. The van der Waals surface area contributed by atoms with E-state index in [0.29, 0.717) is 36.8 Å². The van der Waals surface area contributed by atoms with Crippen LogP contribution in [0, 0.1) is 11.3 Å². The quantitative estimate of drug-likeness (QED) is 0.846. The first-order valence-corrected chi connectivity index (χ1v) is 7.42. The highest BCUT2D eigenvalue weighted by Gasteiger charge is 2.50. The highest BCUT2D eigenvalue weighted by atomic mass is 35.5. The number of halogens is 1. The molecule has 1 saturated heterocycles. The molecule has 1 aliphatic carbocycles. The molecule has 1 saturated carbocycles. The summed E-state index contributed by atoms with van der Waals surface area (Å²) in [6.45, 7) is 0.554. The molecule has 21 heavy (non-hydrogen) atoms. The Morgan fingerprint density at radius 3 is 2.95 bits per heavy atom. The molecule has 2 heterocycles. The Morgan fingerprint density at radius 2 is 2.24 bits per heavy atom. The number of hydrogen-bond acceptors (Lipinski definition) is 4. The Labute approximate surface area is 127 Å². The largest absolute Gasteiger partial charge is 0.481 e. The van der Waals surface area contributed by atoms with Gasteiger partial charge in [0, 0.05) is 12.6 Å². The van der Waals surface area contributed by atoms with Gasteiger partial charge in [-0.15, -0.1) is 0 Å². The van der Waals surface area contributed by atoms with Crippen molar-refractivity contribution in [2.75, 3.05) is 11.4 Å². The number of aliphatic carboxylic acids is 1. The Balaban J connectivity index is 1.84. The SMILES string of the molecule is O=C(O)C1CCCC2(CCN(c3cc(Cl)ncn3)C2=O)C1. The van der Waals surface area contributed by atoms with Crippen LogP contribution >= 0.6 is 11.6 Å². The number of carboxylic acid groups (broad SMARTS) is 1. The van der Waals surface area contributed by atoms with Crippen molar-refractivity contribution in [1.29, 1.82) is 0 Å². The van der Waals surface area contributed by atoms with Gasteiger partial charge < -0.3 is 5.11 Å². The van der Waals surface area contributed by atoms with E-state index in [1.54, 1.807) is 11.0 Å². The van der Waals surface area contributed by atoms with Gasteiger partial charge in [-0.1, -0.05) is 18.0 Å². The first kappa shape index (κ1) is 14.3. The van der Waals surface area contributed by atoms with Crippen LogP contribution < -0.4 is 4.90 Å². The zero-order chi connectivity index (χ0) is 15.0. The normalized spacial score (nSPS) is 29.1. The minimum absolute atomic E-state index is 0.0248. The van der Waals surface area contributed by atoms with E-state index in [9.17, 15) is 14.7 Å². The van der Waals surface area contributed by atoms with Crippen molar-refractivity contribution in [2.24, 2.45) is 11.3 Å². The molecular formula is C14H16ClN3O3. The Kier molecular flexibility index (Phi) is 3.57. The molecule has 6 nitrogen and oxygen atoms in total. The van der Waals surface area contributed by atoms with E-state index in [0.717, 1.165) is 12.8 Å². The van der Waals surface area contributed by atoms with Gasteiger partial charge in [-0.3, -0.25) is 14.5 Å². The predicted molar refractivity (Wildman–Crippen MR) is 76.0 cm³/mol. The van der Waals surface area contributed by atoms with E-state index < -0.39 is 17.3 Å². The smallest absolute Gasteiger partial charge is 0.306 e. The number of nitrogens with zero attached hydrogens (tertiary/aromatic N) is 3. The number of carbonyl (C=O) groups excluding carboxylic acids is 1. The summed E-state index contributed by atoms with van der Waals surface area (Å²) in [5.41, 5.74) is -0.543. The molecule has 0 aromatic carbocycles. The highest BCUT2D eigenvalue weighted by Crippen LogP contribution is 2.47. The van der Waals surface area contributed by atoms with E-state index in [4.69, 9.17) is 11.6 Å². The van der Waals surface area contributed by atoms with Crippen molar-refractivity contribution < 1.29 is 14.7 Å². The summed E-state index contributed by atoms with van der Waals surface area (Å²) >= 11 is 5.85. The summed E-state index contributed by atoms with van der Waals surface area (Å²) in [7, 11) is 0. The van der Waals surface area contributed by atoms with Gasteiger partial charge in [0.1, 0.15) is 17.3 Å². The Morgan fingerprint density at radius 1 is 1.43 bits per heavy atom. The Bertz CT molecular complexity index is 595. The minimum Gasteiger partial charge on any atom is -0.481 e. The highest BCUT2D eigenvalue weighted by molar-refractivity contribution is 6.29. The van der Waals surface area contributed by atoms with Crippen molar-refractivity contribution in [2.45, 2.75) is 32.1 Å². The second kappa shape index (κ2) is 5.26. The van der Waals surface area contributed by atoms with Crippen molar-refractivity contribution in [3.05, 3.63) is 17.5 Å². The standard InChI is InChI=1S/C14H16ClN3O3/c15-10-6-11(17-8-16-10)18-5-4-14(13(18)21)3-1-2-9(7-14)12(19)20/h6,8-9H,1-5,7H2,(H,19,20). The van der Waals surface area contributed by atoms with Crippen LogP contribution in [-0.4, -0.2) is 33.5 Å². The molecule has 2 aliphatic rings. The third kappa shape index (κ3) is 2.48. The summed E-state index contributed by atoms with van der Waals surface area (Å²) in [5, 5.41) is 9.52. The summed E-state index contributed by atoms with van der Waals surface area (Å²) in [6.07, 6.45) is 4.63. The fourth-order valence-electron chi connectivity index (χ4n) is 3.51. The van der Waals surface area contributed by atoms with Crippen LogP contribution in [0.3, 0.4) is 0 Å². The third-order valence-electron chi connectivity index (χ3n) is 4.60. The van der Waals surface area contributed by atoms with Gasteiger partial charge in [-0.05, 0) is 25.7 Å². The van der Waals surface area contributed by atoms with E-state index >= 15 is 0 Å². The second-order valence-electron chi connectivity index (χ2n) is 5.82. The minimum atomic E-state index is -0.801. The molecule has 1 aliphatic heterocycles. The number of carboxylic acids is 1. The maximum atomic E-state index is 12.8. The van der Waals surface area contributed by atoms with E-state index in [-0.39, 0.29) is 5.91 Å². The summed E-state index contributed by atoms with van der Waals surface area (Å²) in [5.74, 6) is -0.750. The van der Waals surface area contributed by atoms with Crippen LogP contribution in [0.15, 0.2) is 12.4 Å². The summed E-state index contributed by atoms with van der Waals surface area (Å²) in [4.78, 5) is 33.5. The lowest BCUT2D eigenvalue weighted by atomic mass is 9.68. The van der Waals surface area contributed by atoms with E-state index in [1.807, 2.05) is 0 Å². The molecule has 1 N–H and O–H groups in total. The van der Waals surface area contributed by atoms with Crippen LogP contribution in [0.4, 0.5) is 5.82 Å². The van der Waals surface area contributed by atoms with Crippen LogP contribution in [0.5, 0.6) is 0 Å². The number of hydrogen-bond donors (Lipinski definition) is 1. The third-order valence-corrected chi connectivity index (χ3v) is 4.81. The fourth-order valence-corrected chi connectivity index (χ4v) is 3.65. The molecule has 2 unspecified atom stereocenters. The van der Waals surface area contributed by atoms with Crippen molar-refractivity contribution in [3.8, 4) is 0 Å². The summed E-state index contributed by atoms with van der Waals surface area (Å²) in [6, 6.07) is 1.57. The van der Waals surface area contributed by atoms with Gasteiger partial charge in [0.15, 0.2) is 0 Å². The van der Waals surface area contributed by atoms with Crippen LogP contribution in [-0.2, 0) is 9.59 Å². The maximum Gasteiger partial charge on any atom is 0.306 e. The average Bonchev–Trinajstić information content (AvgIpc) is 2.76. The molecule has 2 fully saturated rings. The van der Waals surface area contributed by atoms with Crippen molar-refractivity contribution in [1.82, 2.24) is 9.97 Å². The van der Waals surface area contributed by atoms with Gasteiger partial charge in [-0.2, -0.15) is 0 Å². The zero-order valence-electron chi connectivity index (χ0n) is 11.5. The zero-order valence-corrected chi connectivity index (χ0v) is 12.2. The molecule has 1 spiro atoms. The number of aromatic nitrogens is 2. The first-order valence-electron chi connectivity index (χ1n) is 7.04. The molecule has 3 rings (SSSR count). The van der Waals surface area contributed by atoms with Gasteiger partial charge in [0.05, 0.1) is 11.3 Å². The van der Waals surface area contributed by atoms with E-state index in [2.05, 4.69) is 9.97 Å². The lowest BCUT2D eigenvalue weighted by molar-refractivity contribution is -0.145. The first-order chi connectivity index (χ1) is 10.0. The lowest BCUT2D eigenvalue weighted by Crippen LogP contribution is -2.40. The molecule has 1 aromatic heterocycles. The number of rotatable bonds is 2. The van der Waals surface area contributed by atoms with Gasteiger partial charge in [0.25, 0.3) is 0 Å². The summed E-state index contributed by atoms with van der Waals surface area (Å²) < 4.78 is 0. The van der Waals surface area contributed by atoms with Crippen molar-refractivity contribution >= 4 is 29.3 Å². The monoisotopic (exact) mass is 309 g/mol. The van der Waals surface area contributed by atoms with Crippen LogP contribution in [0.1, 0.15) is 32.1 Å². The molecule has 1 aromatic rings. The Hall–Kier alpha value is -1.69. The van der Waals surface area contributed by atoms with Crippen molar-refractivity contribution in [3.63, 3.8) is 0 Å². The molecule has 0 bridgehead atoms. The molecule has 112 valence electrons. The number of carbonyl (C=O) groups is 2. The molecule has 7 heteroatoms. The molecule has 1 amide bonds. The fraction of sp³-hybridized carbons (Fsp3) is 0.571. The topological polar surface area (TPSA) is 83.4 Å². The molecule has 0 radical (unpaired) electrons. The average molecular weight is 310 g/mol. The number of amides is 1. The van der Waals surface area contributed by atoms with Crippen LogP contribution in [0.25, 0.3) is 0 Å².